The zero-order chi connectivity index (χ0) is 15.9. The minimum Gasteiger partial charge on any atom is -0.423 e. The monoisotopic (exact) mass is 294 g/mol. The van der Waals surface area contributed by atoms with E-state index in [2.05, 4.69) is 37.5 Å². The fourth-order valence-electron chi connectivity index (χ4n) is 2.72. The maximum Gasteiger partial charge on any atom is 0.336 e. The predicted octanol–water partition coefficient (Wildman–Crippen LogP) is 3.36. The normalized spacial score (nSPS) is 11.1. The van der Waals surface area contributed by atoms with Gasteiger partial charge in [-0.3, -0.25) is 0 Å². The van der Waals surface area contributed by atoms with E-state index in [1.54, 1.807) is 6.07 Å². The lowest BCUT2D eigenvalue weighted by Crippen LogP contribution is -2.38. The largest absolute Gasteiger partial charge is 0.423 e. The number of benzene rings is 1. The summed E-state index contributed by atoms with van der Waals surface area (Å²) in [6.07, 6.45) is 2.05. The number of fused-ring (bicyclic) bond motifs is 1. The summed E-state index contributed by atoms with van der Waals surface area (Å²) < 4.78 is 7.53. The van der Waals surface area contributed by atoms with Gasteiger partial charge in [-0.2, -0.15) is 4.57 Å². The van der Waals surface area contributed by atoms with E-state index in [0.717, 1.165) is 16.5 Å². The number of hydrogen-bond acceptors (Lipinski definition) is 2. The van der Waals surface area contributed by atoms with Crippen molar-refractivity contribution < 1.29 is 8.98 Å². The highest BCUT2D eigenvalue weighted by atomic mass is 16.4. The molecule has 0 spiro atoms. The molecule has 1 aromatic carbocycles. The molecule has 3 aromatic rings. The zero-order valence-corrected chi connectivity index (χ0v) is 13.4. The van der Waals surface area contributed by atoms with Crippen molar-refractivity contribution in [1.82, 2.24) is 0 Å². The predicted molar refractivity (Wildman–Crippen MR) is 87.2 cm³/mol. The number of hydrogen-bond donors (Lipinski definition) is 0. The standard InChI is InChI=1S/C19H20NO2/c1-12-6-5-7-20(15(12)4)11-16-10-19(21)22-18-9-14(3)13(2)8-17(16)18/h5-10H,11H2,1-4H3/q+1. The molecule has 0 aliphatic carbocycles. The molecule has 0 amide bonds. The molecule has 3 heteroatoms. The minimum atomic E-state index is -0.295. The first-order chi connectivity index (χ1) is 10.5. The molecule has 0 saturated heterocycles. The van der Waals surface area contributed by atoms with Gasteiger partial charge in [0.15, 0.2) is 18.4 Å². The molecule has 3 nitrogen and oxygen atoms in total. The van der Waals surface area contributed by atoms with Crippen molar-refractivity contribution in [3.05, 3.63) is 74.9 Å². The Morgan fingerprint density at radius 3 is 2.50 bits per heavy atom. The Morgan fingerprint density at radius 2 is 1.73 bits per heavy atom. The van der Waals surface area contributed by atoms with E-state index in [0.29, 0.717) is 12.1 Å². The molecule has 3 rings (SSSR count). The van der Waals surface area contributed by atoms with Crippen LogP contribution in [0.4, 0.5) is 0 Å². The van der Waals surface area contributed by atoms with Gasteiger partial charge >= 0.3 is 5.63 Å². The maximum atomic E-state index is 11.9. The molecule has 0 saturated carbocycles. The van der Waals surface area contributed by atoms with E-state index in [-0.39, 0.29) is 5.63 Å². The van der Waals surface area contributed by atoms with E-state index in [9.17, 15) is 4.79 Å². The molecular weight excluding hydrogens is 274 g/mol. The molecule has 22 heavy (non-hydrogen) atoms. The molecule has 0 bridgehead atoms. The first-order valence-electron chi connectivity index (χ1n) is 7.45. The van der Waals surface area contributed by atoms with Crippen LogP contribution in [0.2, 0.25) is 0 Å². The zero-order valence-electron chi connectivity index (χ0n) is 13.4. The second kappa shape index (κ2) is 5.41. The van der Waals surface area contributed by atoms with Crippen LogP contribution in [-0.2, 0) is 6.54 Å². The molecule has 0 unspecified atom stereocenters. The molecule has 0 aliphatic heterocycles. The summed E-state index contributed by atoms with van der Waals surface area (Å²) in [6, 6.07) is 9.78. The average Bonchev–Trinajstić information content (AvgIpc) is 2.46. The van der Waals surface area contributed by atoms with Crippen molar-refractivity contribution in [3.63, 3.8) is 0 Å². The summed E-state index contributed by atoms with van der Waals surface area (Å²) in [5.74, 6) is 0. The van der Waals surface area contributed by atoms with E-state index in [1.165, 1.54) is 16.8 Å². The van der Waals surface area contributed by atoms with Gasteiger partial charge in [0.05, 0.1) is 0 Å². The van der Waals surface area contributed by atoms with Crippen LogP contribution in [0.15, 0.2) is 45.7 Å². The molecule has 0 N–H and O–H groups in total. The van der Waals surface area contributed by atoms with Gasteiger partial charge in [-0.1, -0.05) is 0 Å². The SMILES string of the molecule is Cc1cc2oc(=O)cc(C[n+]3cccc(C)c3C)c2cc1C. The van der Waals surface area contributed by atoms with Crippen molar-refractivity contribution in [2.45, 2.75) is 34.2 Å². The van der Waals surface area contributed by atoms with Gasteiger partial charge in [0, 0.05) is 35.6 Å². The minimum absolute atomic E-state index is 0.295. The van der Waals surface area contributed by atoms with Gasteiger partial charge in [0.2, 0.25) is 0 Å². The summed E-state index contributed by atoms with van der Waals surface area (Å²) in [5, 5.41) is 1.01. The Hall–Kier alpha value is -2.42. The van der Waals surface area contributed by atoms with Gasteiger partial charge in [-0.25, -0.2) is 4.79 Å². The van der Waals surface area contributed by atoms with Crippen LogP contribution in [0, 0.1) is 27.7 Å². The van der Waals surface area contributed by atoms with E-state index >= 15 is 0 Å². The van der Waals surface area contributed by atoms with Crippen molar-refractivity contribution in [1.29, 1.82) is 0 Å². The van der Waals surface area contributed by atoms with Gasteiger partial charge in [0.25, 0.3) is 0 Å². The number of aromatic nitrogens is 1. The Balaban J connectivity index is 2.20. The molecule has 0 fully saturated rings. The first kappa shape index (κ1) is 14.5. The third kappa shape index (κ3) is 2.54. The maximum absolute atomic E-state index is 11.9. The fourth-order valence-corrected chi connectivity index (χ4v) is 2.72. The lowest BCUT2D eigenvalue weighted by atomic mass is 10.0. The number of aryl methyl sites for hydroxylation is 3. The summed E-state index contributed by atoms with van der Waals surface area (Å²) in [4.78, 5) is 11.9. The van der Waals surface area contributed by atoms with Crippen molar-refractivity contribution >= 4 is 11.0 Å². The van der Waals surface area contributed by atoms with E-state index in [1.807, 2.05) is 25.3 Å². The molecule has 0 atom stereocenters. The average molecular weight is 294 g/mol. The Labute approximate surface area is 129 Å². The summed E-state index contributed by atoms with van der Waals surface area (Å²) in [5.41, 5.74) is 6.14. The summed E-state index contributed by atoms with van der Waals surface area (Å²) >= 11 is 0. The Kier molecular flexibility index (Phi) is 3.57. The van der Waals surface area contributed by atoms with Crippen LogP contribution in [0.5, 0.6) is 0 Å². The quantitative estimate of drug-likeness (QED) is 0.536. The third-order valence-electron chi connectivity index (χ3n) is 4.40. The van der Waals surface area contributed by atoms with Crippen LogP contribution < -0.4 is 10.2 Å². The van der Waals surface area contributed by atoms with Crippen LogP contribution >= 0.6 is 0 Å². The van der Waals surface area contributed by atoms with Crippen molar-refractivity contribution in [3.8, 4) is 0 Å². The van der Waals surface area contributed by atoms with Crippen LogP contribution in [-0.4, -0.2) is 0 Å². The lowest BCUT2D eigenvalue weighted by molar-refractivity contribution is -0.694. The van der Waals surface area contributed by atoms with Gasteiger partial charge < -0.3 is 4.42 Å². The Morgan fingerprint density at radius 1 is 1.00 bits per heavy atom. The second-order valence-corrected chi connectivity index (χ2v) is 5.93. The third-order valence-corrected chi connectivity index (χ3v) is 4.40. The highest BCUT2D eigenvalue weighted by Crippen LogP contribution is 2.21. The summed E-state index contributed by atoms with van der Waals surface area (Å²) in [7, 11) is 0. The lowest BCUT2D eigenvalue weighted by Gasteiger charge is -2.08. The topological polar surface area (TPSA) is 34.1 Å². The Bertz CT molecular complexity index is 923. The van der Waals surface area contributed by atoms with Gasteiger partial charge in [-0.05, 0) is 50.1 Å². The molecule has 2 heterocycles. The number of pyridine rings is 1. The van der Waals surface area contributed by atoms with Crippen molar-refractivity contribution in [2.24, 2.45) is 0 Å². The van der Waals surface area contributed by atoms with Crippen LogP contribution in [0.3, 0.4) is 0 Å². The number of nitrogens with zero attached hydrogens (tertiary/aromatic N) is 1. The van der Waals surface area contributed by atoms with Crippen molar-refractivity contribution in [2.75, 3.05) is 0 Å². The van der Waals surface area contributed by atoms with Crippen LogP contribution in [0.25, 0.3) is 11.0 Å². The highest BCUT2D eigenvalue weighted by molar-refractivity contribution is 5.81. The molecule has 0 radical (unpaired) electrons. The van der Waals surface area contributed by atoms with E-state index < -0.39 is 0 Å². The first-order valence-corrected chi connectivity index (χ1v) is 7.45. The number of rotatable bonds is 2. The molecule has 0 aliphatic rings. The highest BCUT2D eigenvalue weighted by Gasteiger charge is 2.14. The molecule has 2 aromatic heterocycles. The smallest absolute Gasteiger partial charge is 0.336 e. The second-order valence-electron chi connectivity index (χ2n) is 5.93. The fraction of sp³-hybridized carbons (Fsp3) is 0.263. The van der Waals surface area contributed by atoms with Gasteiger partial charge in [0.1, 0.15) is 5.58 Å². The van der Waals surface area contributed by atoms with Gasteiger partial charge in [-0.15, -0.1) is 0 Å². The molecule has 112 valence electrons. The summed E-state index contributed by atoms with van der Waals surface area (Å²) in [6.45, 7) is 8.96. The van der Waals surface area contributed by atoms with Crippen LogP contribution in [0.1, 0.15) is 27.9 Å². The van der Waals surface area contributed by atoms with E-state index in [4.69, 9.17) is 4.42 Å². The molecular formula is C19H20NO2+.